The van der Waals surface area contributed by atoms with Crippen molar-refractivity contribution in [2.45, 2.75) is 18.8 Å². The molecule has 4 rings (SSSR count). The molecule has 120 valence electrons. The number of pyridine rings is 2. The van der Waals surface area contributed by atoms with Gasteiger partial charge in [-0.2, -0.15) is 0 Å². The minimum absolute atomic E-state index is 0.212. The summed E-state index contributed by atoms with van der Waals surface area (Å²) in [5.74, 6) is -0.0163. The van der Waals surface area contributed by atoms with Gasteiger partial charge in [-0.05, 0) is 43.0 Å². The zero-order valence-electron chi connectivity index (χ0n) is 12.8. The van der Waals surface area contributed by atoms with E-state index in [1.165, 1.54) is 6.07 Å². The number of H-pyrrole nitrogens is 2. The van der Waals surface area contributed by atoms with E-state index in [1.54, 1.807) is 36.5 Å². The van der Waals surface area contributed by atoms with Crippen LogP contribution < -0.4 is 16.4 Å². The van der Waals surface area contributed by atoms with Crippen LogP contribution in [0.25, 0.3) is 10.8 Å². The average Bonchev–Trinajstić information content (AvgIpc) is 3.40. The third-order valence-corrected chi connectivity index (χ3v) is 4.21. The van der Waals surface area contributed by atoms with Crippen LogP contribution in [0.5, 0.6) is 0 Å². The average molecular weight is 321 g/mol. The SMILES string of the molecule is O=C(Nc1cccc2c(=O)[nH]ccc12)c1cc(C2CC2)[nH]c(=O)c1. The molecule has 1 fully saturated rings. The van der Waals surface area contributed by atoms with E-state index in [0.717, 1.165) is 18.5 Å². The summed E-state index contributed by atoms with van der Waals surface area (Å²) >= 11 is 0. The second-order valence-electron chi connectivity index (χ2n) is 5.99. The summed E-state index contributed by atoms with van der Waals surface area (Å²) in [5.41, 5.74) is 1.18. The van der Waals surface area contributed by atoms with E-state index >= 15 is 0 Å². The Kier molecular flexibility index (Phi) is 3.30. The van der Waals surface area contributed by atoms with Crippen molar-refractivity contribution in [2.75, 3.05) is 5.32 Å². The van der Waals surface area contributed by atoms with E-state index in [0.29, 0.717) is 27.9 Å². The maximum atomic E-state index is 12.5. The number of aromatic nitrogens is 2. The molecule has 1 saturated carbocycles. The van der Waals surface area contributed by atoms with Crippen LogP contribution in [-0.2, 0) is 0 Å². The lowest BCUT2D eigenvalue weighted by atomic mass is 10.1. The number of carbonyl (C=O) groups is 1. The number of hydrogen-bond donors (Lipinski definition) is 3. The molecule has 24 heavy (non-hydrogen) atoms. The molecule has 1 amide bonds. The van der Waals surface area contributed by atoms with Gasteiger partial charge in [0, 0.05) is 40.0 Å². The Bertz CT molecular complexity index is 1060. The van der Waals surface area contributed by atoms with Gasteiger partial charge in [0.1, 0.15) is 0 Å². The Labute approximate surface area is 136 Å². The van der Waals surface area contributed by atoms with Crippen LogP contribution in [0.3, 0.4) is 0 Å². The molecule has 6 nitrogen and oxygen atoms in total. The molecule has 1 aliphatic carbocycles. The molecule has 0 radical (unpaired) electrons. The van der Waals surface area contributed by atoms with E-state index in [-0.39, 0.29) is 17.0 Å². The number of nitrogens with one attached hydrogen (secondary N) is 3. The van der Waals surface area contributed by atoms with Gasteiger partial charge in [-0.3, -0.25) is 14.4 Å². The van der Waals surface area contributed by atoms with Crippen molar-refractivity contribution < 1.29 is 4.79 Å². The lowest BCUT2D eigenvalue weighted by molar-refractivity contribution is 0.102. The van der Waals surface area contributed by atoms with Crippen LogP contribution in [0, 0.1) is 0 Å². The highest BCUT2D eigenvalue weighted by Crippen LogP contribution is 2.38. The number of carbonyl (C=O) groups excluding carboxylic acids is 1. The number of amides is 1. The number of aromatic amines is 2. The molecule has 0 saturated heterocycles. The Morgan fingerprint density at radius 2 is 1.92 bits per heavy atom. The molecule has 0 bridgehead atoms. The minimum atomic E-state index is -0.365. The first-order valence-electron chi connectivity index (χ1n) is 7.78. The molecular weight excluding hydrogens is 306 g/mol. The molecule has 0 spiro atoms. The molecule has 0 aliphatic heterocycles. The van der Waals surface area contributed by atoms with Crippen molar-refractivity contribution in [3.8, 4) is 0 Å². The molecule has 3 N–H and O–H groups in total. The highest BCUT2D eigenvalue weighted by Gasteiger charge is 2.25. The van der Waals surface area contributed by atoms with Crippen molar-refractivity contribution in [3.05, 3.63) is 74.6 Å². The standard InChI is InChI=1S/C18H15N3O3/c22-16-9-11(8-15(20-16)10-4-5-10)17(23)21-14-3-1-2-13-12(14)6-7-19-18(13)24/h1-3,6-10H,4-5H2,(H,19,24)(H,20,22)(H,21,23). The normalized spacial score (nSPS) is 13.8. The summed E-state index contributed by atoms with van der Waals surface area (Å²) in [6.07, 6.45) is 3.61. The highest BCUT2D eigenvalue weighted by molar-refractivity contribution is 6.09. The van der Waals surface area contributed by atoms with Gasteiger partial charge >= 0.3 is 0 Å². The first-order chi connectivity index (χ1) is 11.6. The van der Waals surface area contributed by atoms with Crippen LogP contribution in [-0.4, -0.2) is 15.9 Å². The quantitative estimate of drug-likeness (QED) is 0.691. The predicted molar refractivity (Wildman–Crippen MR) is 91.6 cm³/mol. The molecule has 1 aliphatic rings. The monoisotopic (exact) mass is 321 g/mol. The summed E-state index contributed by atoms with van der Waals surface area (Å²) in [7, 11) is 0. The summed E-state index contributed by atoms with van der Waals surface area (Å²) in [6.45, 7) is 0. The van der Waals surface area contributed by atoms with E-state index in [9.17, 15) is 14.4 Å². The van der Waals surface area contributed by atoms with Gasteiger partial charge in [0.05, 0.1) is 0 Å². The number of hydrogen-bond acceptors (Lipinski definition) is 3. The molecule has 6 heteroatoms. The van der Waals surface area contributed by atoms with Crippen molar-refractivity contribution in [1.82, 2.24) is 9.97 Å². The van der Waals surface area contributed by atoms with Crippen LogP contribution >= 0.6 is 0 Å². The maximum Gasteiger partial charge on any atom is 0.255 e. The Balaban J connectivity index is 1.71. The van der Waals surface area contributed by atoms with Crippen molar-refractivity contribution in [2.24, 2.45) is 0 Å². The van der Waals surface area contributed by atoms with Gasteiger partial charge in [-0.25, -0.2) is 0 Å². The van der Waals surface area contributed by atoms with Crippen molar-refractivity contribution >= 4 is 22.4 Å². The topological polar surface area (TPSA) is 94.8 Å². The second kappa shape index (κ2) is 5.49. The smallest absolute Gasteiger partial charge is 0.255 e. The van der Waals surface area contributed by atoms with Crippen LogP contribution in [0.2, 0.25) is 0 Å². The zero-order valence-corrected chi connectivity index (χ0v) is 12.8. The highest BCUT2D eigenvalue weighted by atomic mass is 16.2. The molecule has 2 heterocycles. The Morgan fingerprint density at radius 1 is 1.08 bits per heavy atom. The van der Waals surface area contributed by atoms with Gasteiger partial charge in [-0.1, -0.05) is 6.07 Å². The van der Waals surface area contributed by atoms with Gasteiger partial charge in [0.25, 0.3) is 11.5 Å². The molecule has 2 aromatic heterocycles. The second-order valence-corrected chi connectivity index (χ2v) is 5.99. The van der Waals surface area contributed by atoms with Gasteiger partial charge in [0.2, 0.25) is 5.56 Å². The Hall–Kier alpha value is -3.15. The number of benzene rings is 1. The molecular formula is C18H15N3O3. The first kappa shape index (κ1) is 14.4. The van der Waals surface area contributed by atoms with E-state index in [1.807, 2.05) is 0 Å². The van der Waals surface area contributed by atoms with Gasteiger partial charge in [0.15, 0.2) is 0 Å². The molecule has 0 unspecified atom stereocenters. The fraction of sp³-hybridized carbons (Fsp3) is 0.167. The molecule has 1 aromatic carbocycles. The largest absolute Gasteiger partial charge is 0.329 e. The summed E-state index contributed by atoms with van der Waals surface area (Å²) in [5, 5.41) is 3.95. The maximum absolute atomic E-state index is 12.5. The summed E-state index contributed by atoms with van der Waals surface area (Å²) in [6, 6.07) is 9.89. The number of anilines is 1. The summed E-state index contributed by atoms with van der Waals surface area (Å²) < 4.78 is 0. The number of rotatable bonds is 3. The fourth-order valence-corrected chi connectivity index (χ4v) is 2.83. The first-order valence-corrected chi connectivity index (χ1v) is 7.78. The van der Waals surface area contributed by atoms with Crippen molar-refractivity contribution in [1.29, 1.82) is 0 Å². The Morgan fingerprint density at radius 3 is 2.71 bits per heavy atom. The van der Waals surface area contributed by atoms with Crippen LogP contribution in [0.1, 0.15) is 34.8 Å². The predicted octanol–water partition coefficient (Wildman–Crippen LogP) is 2.35. The third-order valence-electron chi connectivity index (χ3n) is 4.21. The van der Waals surface area contributed by atoms with E-state index < -0.39 is 0 Å². The van der Waals surface area contributed by atoms with Crippen LogP contribution in [0.15, 0.2) is 52.2 Å². The molecule has 3 aromatic rings. The lowest BCUT2D eigenvalue weighted by Gasteiger charge is -2.09. The van der Waals surface area contributed by atoms with Crippen LogP contribution in [0.4, 0.5) is 5.69 Å². The van der Waals surface area contributed by atoms with E-state index in [2.05, 4.69) is 15.3 Å². The fourth-order valence-electron chi connectivity index (χ4n) is 2.83. The zero-order chi connectivity index (χ0) is 16.7. The van der Waals surface area contributed by atoms with Gasteiger partial charge < -0.3 is 15.3 Å². The third kappa shape index (κ3) is 2.62. The summed E-state index contributed by atoms with van der Waals surface area (Å²) in [4.78, 5) is 41.6. The number of fused-ring (bicyclic) bond motifs is 1. The van der Waals surface area contributed by atoms with Gasteiger partial charge in [-0.15, -0.1) is 0 Å². The minimum Gasteiger partial charge on any atom is -0.329 e. The lowest BCUT2D eigenvalue weighted by Crippen LogP contribution is -2.18. The van der Waals surface area contributed by atoms with E-state index in [4.69, 9.17) is 0 Å². The molecule has 0 atom stereocenters. The van der Waals surface area contributed by atoms with Crippen molar-refractivity contribution in [3.63, 3.8) is 0 Å².